The first-order valence-electron chi connectivity index (χ1n) is 6.68. The number of phenols is 2. The van der Waals surface area contributed by atoms with E-state index in [1.165, 1.54) is 12.1 Å². The first-order chi connectivity index (χ1) is 9.81. The van der Waals surface area contributed by atoms with Crippen LogP contribution >= 0.6 is 0 Å². The van der Waals surface area contributed by atoms with Crippen LogP contribution in [0.4, 0.5) is 0 Å². The molecule has 1 aliphatic rings. The summed E-state index contributed by atoms with van der Waals surface area (Å²) in [7, 11) is 0. The number of aliphatic carboxylic acids is 1. The molecule has 2 rings (SSSR count). The van der Waals surface area contributed by atoms with E-state index >= 15 is 0 Å². The minimum Gasteiger partial charge on any atom is -0.504 e. The number of nitrogens with one attached hydrogen (secondary N) is 1. The number of ether oxygens (including phenoxy) is 1. The molecule has 0 aliphatic carbocycles. The van der Waals surface area contributed by atoms with Gasteiger partial charge in [-0.3, -0.25) is 4.79 Å². The van der Waals surface area contributed by atoms with Crippen molar-refractivity contribution in [3.05, 3.63) is 17.7 Å². The minimum absolute atomic E-state index is 0.0109. The Kier molecular flexibility index (Phi) is 4.24. The summed E-state index contributed by atoms with van der Waals surface area (Å²) < 4.78 is 5.26. The zero-order valence-electron chi connectivity index (χ0n) is 11.8. The van der Waals surface area contributed by atoms with E-state index in [4.69, 9.17) is 9.84 Å². The summed E-state index contributed by atoms with van der Waals surface area (Å²) in [5.74, 6) is -2.57. The number of aliphatic hydroxyl groups excluding tert-OH is 1. The van der Waals surface area contributed by atoms with E-state index in [1.54, 1.807) is 0 Å². The van der Waals surface area contributed by atoms with Crippen molar-refractivity contribution < 1.29 is 30.0 Å². The molecule has 0 saturated carbocycles. The van der Waals surface area contributed by atoms with Gasteiger partial charge in [-0.25, -0.2) is 0 Å². The summed E-state index contributed by atoms with van der Waals surface area (Å²) >= 11 is 0. The van der Waals surface area contributed by atoms with Crippen molar-refractivity contribution in [1.82, 2.24) is 5.32 Å². The Morgan fingerprint density at radius 2 is 2.05 bits per heavy atom. The summed E-state index contributed by atoms with van der Waals surface area (Å²) in [6.07, 6.45) is -1.56. The van der Waals surface area contributed by atoms with Crippen LogP contribution < -0.4 is 10.1 Å². The van der Waals surface area contributed by atoms with Crippen LogP contribution in [0, 0.1) is 0 Å². The average Bonchev–Trinajstić information content (AvgIpc) is 2.38. The molecule has 0 amide bonds. The Balaban J connectivity index is 2.47. The SMILES string of the molecule is CC(C)N[C@@H]1[C@H](O)Oc2c(ccc(O)c2O)[C@@H]1CC(=O)O. The van der Waals surface area contributed by atoms with Crippen LogP contribution in [-0.2, 0) is 4.79 Å². The molecule has 3 atom stereocenters. The summed E-state index contributed by atoms with van der Waals surface area (Å²) in [6.45, 7) is 3.74. The fourth-order valence-electron chi connectivity index (χ4n) is 2.59. The zero-order chi connectivity index (χ0) is 15.7. The third-order valence-electron chi connectivity index (χ3n) is 3.44. The number of hydrogen-bond acceptors (Lipinski definition) is 6. The second-order valence-corrected chi connectivity index (χ2v) is 5.41. The number of benzene rings is 1. The molecule has 5 N–H and O–H groups in total. The third kappa shape index (κ3) is 3.03. The van der Waals surface area contributed by atoms with Gasteiger partial charge in [-0.2, -0.15) is 0 Å². The van der Waals surface area contributed by atoms with Crippen molar-refractivity contribution in [2.24, 2.45) is 0 Å². The Hall–Kier alpha value is -1.99. The zero-order valence-corrected chi connectivity index (χ0v) is 11.8. The molecule has 1 aromatic rings. The lowest BCUT2D eigenvalue weighted by Crippen LogP contribution is -2.52. The molecule has 0 saturated heterocycles. The summed E-state index contributed by atoms with van der Waals surface area (Å²) in [4.78, 5) is 11.1. The first-order valence-corrected chi connectivity index (χ1v) is 6.68. The molecule has 1 heterocycles. The van der Waals surface area contributed by atoms with E-state index in [-0.39, 0.29) is 24.0 Å². The Bertz CT molecular complexity index is 545. The van der Waals surface area contributed by atoms with Gasteiger partial charge in [-0.1, -0.05) is 19.9 Å². The van der Waals surface area contributed by atoms with Gasteiger partial charge in [0.1, 0.15) is 0 Å². The molecule has 1 aliphatic heterocycles. The van der Waals surface area contributed by atoms with Gasteiger partial charge in [-0.05, 0) is 6.07 Å². The number of carboxylic acids is 1. The van der Waals surface area contributed by atoms with Gasteiger partial charge in [0.05, 0.1) is 12.5 Å². The quantitative estimate of drug-likeness (QED) is 0.520. The summed E-state index contributed by atoms with van der Waals surface area (Å²) in [6, 6.07) is 2.16. The maximum Gasteiger partial charge on any atom is 0.304 e. The molecule has 7 heteroatoms. The Morgan fingerprint density at radius 1 is 1.38 bits per heavy atom. The lowest BCUT2D eigenvalue weighted by Gasteiger charge is -2.38. The van der Waals surface area contributed by atoms with E-state index in [1.807, 2.05) is 13.8 Å². The Morgan fingerprint density at radius 3 is 2.62 bits per heavy atom. The van der Waals surface area contributed by atoms with Crippen LogP contribution in [0.5, 0.6) is 17.2 Å². The lowest BCUT2D eigenvalue weighted by molar-refractivity contribution is -0.138. The maximum atomic E-state index is 11.1. The molecular weight excluding hydrogens is 278 g/mol. The van der Waals surface area contributed by atoms with Gasteiger partial charge in [-0.15, -0.1) is 0 Å². The number of fused-ring (bicyclic) bond motifs is 1. The molecule has 0 radical (unpaired) electrons. The second kappa shape index (κ2) is 5.79. The highest BCUT2D eigenvalue weighted by Gasteiger charge is 2.40. The van der Waals surface area contributed by atoms with Gasteiger partial charge in [0.15, 0.2) is 11.5 Å². The predicted molar refractivity (Wildman–Crippen MR) is 73.5 cm³/mol. The van der Waals surface area contributed by atoms with Gasteiger partial charge >= 0.3 is 5.97 Å². The molecule has 0 aromatic heterocycles. The first kappa shape index (κ1) is 15.4. The van der Waals surface area contributed by atoms with Crippen molar-refractivity contribution in [2.75, 3.05) is 0 Å². The molecule has 7 nitrogen and oxygen atoms in total. The van der Waals surface area contributed by atoms with Gasteiger partial charge in [0.25, 0.3) is 0 Å². The number of carboxylic acid groups (broad SMARTS) is 1. The third-order valence-corrected chi connectivity index (χ3v) is 3.44. The van der Waals surface area contributed by atoms with Crippen LogP contribution in [0.1, 0.15) is 31.7 Å². The number of aromatic hydroxyl groups is 2. The van der Waals surface area contributed by atoms with Gasteiger partial charge < -0.3 is 30.5 Å². The molecule has 1 aromatic carbocycles. The number of rotatable bonds is 4. The Labute approximate surface area is 121 Å². The molecule has 0 fully saturated rings. The van der Waals surface area contributed by atoms with Crippen LogP contribution in [0.2, 0.25) is 0 Å². The lowest BCUT2D eigenvalue weighted by atomic mass is 9.84. The van der Waals surface area contributed by atoms with Gasteiger partial charge in [0, 0.05) is 17.5 Å². The van der Waals surface area contributed by atoms with Crippen molar-refractivity contribution in [1.29, 1.82) is 0 Å². The van der Waals surface area contributed by atoms with Crippen LogP contribution in [-0.4, -0.2) is 44.8 Å². The smallest absolute Gasteiger partial charge is 0.304 e. The molecular formula is C14H19NO6. The molecule has 0 unspecified atom stereocenters. The fourth-order valence-corrected chi connectivity index (χ4v) is 2.59. The average molecular weight is 297 g/mol. The highest BCUT2D eigenvalue weighted by molar-refractivity contribution is 5.69. The minimum atomic E-state index is -1.32. The second-order valence-electron chi connectivity index (χ2n) is 5.41. The van der Waals surface area contributed by atoms with Crippen LogP contribution in [0.15, 0.2) is 12.1 Å². The maximum absolute atomic E-state index is 11.1. The normalized spacial score (nSPS) is 24.5. The van der Waals surface area contributed by atoms with E-state index < -0.39 is 30.0 Å². The topological polar surface area (TPSA) is 119 Å². The van der Waals surface area contributed by atoms with Crippen molar-refractivity contribution in [2.45, 2.75) is 44.6 Å². The number of aliphatic hydroxyl groups is 1. The van der Waals surface area contributed by atoms with E-state index in [0.29, 0.717) is 5.56 Å². The van der Waals surface area contributed by atoms with E-state index in [9.17, 15) is 20.1 Å². The summed E-state index contributed by atoms with van der Waals surface area (Å²) in [5.41, 5.74) is 0.441. The van der Waals surface area contributed by atoms with E-state index in [2.05, 4.69) is 5.32 Å². The van der Waals surface area contributed by atoms with Crippen LogP contribution in [0.3, 0.4) is 0 Å². The number of phenolic OH excluding ortho intramolecular Hbond substituents is 2. The van der Waals surface area contributed by atoms with E-state index in [0.717, 1.165) is 0 Å². The highest BCUT2D eigenvalue weighted by Crippen LogP contribution is 2.46. The molecule has 0 spiro atoms. The van der Waals surface area contributed by atoms with Gasteiger partial charge in [0.2, 0.25) is 12.0 Å². The van der Waals surface area contributed by atoms with Crippen LogP contribution in [0.25, 0.3) is 0 Å². The van der Waals surface area contributed by atoms with Crippen molar-refractivity contribution >= 4 is 5.97 Å². The monoisotopic (exact) mass is 297 g/mol. The number of hydrogen-bond donors (Lipinski definition) is 5. The standard InChI is InChI=1S/C14H19NO6/c1-6(2)15-11-8(5-10(17)18)7-3-4-9(16)12(19)13(7)21-14(11)20/h3-4,6,8,11,14-16,19-20H,5H2,1-2H3,(H,17,18)/t8-,11-,14+/m0/s1. The highest BCUT2D eigenvalue weighted by atomic mass is 16.6. The number of carbonyl (C=O) groups is 1. The van der Waals surface area contributed by atoms with Crippen molar-refractivity contribution in [3.63, 3.8) is 0 Å². The largest absolute Gasteiger partial charge is 0.504 e. The molecule has 21 heavy (non-hydrogen) atoms. The molecule has 0 bridgehead atoms. The summed E-state index contributed by atoms with van der Waals surface area (Å²) in [5, 5.41) is 41.6. The molecule has 116 valence electrons. The fraction of sp³-hybridized carbons (Fsp3) is 0.500. The predicted octanol–water partition coefficient (Wildman–Crippen LogP) is 0.734. The van der Waals surface area contributed by atoms with Crippen molar-refractivity contribution in [3.8, 4) is 17.2 Å².